The van der Waals surface area contributed by atoms with E-state index in [1.807, 2.05) is 54.5 Å². The molecule has 1 saturated heterocycles. The van der Waals surface area contributed by atoms with Crippen molar-refractivity contribution >= 4 is 11.6 Å². The molecule has 6 heteroatoms. The summed E-state index contributed by atoms with van der Waals surface area (Å²) in [5, 5.41) is 5.07. The summed E-state index contributed by atoms with van der Waals surface area (Å²) >= 11 is 6.28. The topological polar surface area (TPSA) is 43.2 Å². The highest BCUT2D eigenvalue weighted by atomic mass is 35.5. The van der Waals surface area contributed by atoms with Gasteiger partial charge in [0.2, 0.25) is 0 Å². The maximum absolute atomic E-state index is 6.28. The first kappa shape index (κ1) is 18.0. The Hall–Kier alpha value is -2.37. The molecule has 2 aromatic heterocycles. The van der Waals surface area contributed by atoms with Crippen molar-refractivity contribution in [2.45, 2.75) is 32.0 Å². The Morgan fingerprint density at radius 2 is 2.19 bits per heavy atom. The molecule has 1 aliphatic rings. The van der Waals surface area contributed by atoms with Gasteiger partial charge in [0, 0.05) is 59.9 Å². The summed E-state index contributed by atoms with van der Waals surface area (Å²) in [4.78, 5) is 6.63. The van der Waals surface area contributed by atoms with Crippen molar-refractivity contribution in [2.75, 3.05) is 6.54 Å². The van der Waals surface area contributed by atoms with Crippen molar-refractivity contribution in [3.8, 4) is 5.75 Å². The van der Waals surface area contributed by atoms with E-state index in [4.69, 9.17) is 16.3 Å². The summed E-state index contributed by atoms with van der Waals surface area (Å²) in [6.07, 6.45) is 10.0. The molecule has 1 unspecified atom stereocenters. The molecular formula is C21H23ClN4O. The molecule has 140 valence electrons. The van der Waals surface area contributed by atoms with Gasteiger partial charge < -0.3 is 4.74 Å². The molecule has 0 spiro atoms. The Bertz CT molecular complexity index is 896. The zero-order chi connectivity index (χ0) is 18.6. The van der Waals surface area contributed by atoms with Crippen molar-refractivity contribution in [2.24, 2.45) is 7.05 Å². The fourth-order valence-corrected chi connectivity index (χ4v) is 3.88. The highest BCUT2D eigenvalue weighted by Crippen LogP contribution is 2.35. The lowest BCUT2D eigenvalue weighted by Gasteiger charge is -2.25. The minimum atomic E-state index is 0.392. The number of benzene rings is 1. The number of nitrogens with zero attached hydrogens (tertiary/aromatic N) is 4. The molecule has 0 radical (unpaired) electrons. The molecule has 0 amide bonds. The summed E-state index contributed by atoms with van der Waals surface area (Å²) in [7, 11) is 1.96. The molecule has 1 aromatic carbocycles. The van der Waals surface area contributed by atoms with Crippen molar-refractivity contribution in [3.63, 3.8) is 0 Å². The lowest BCUT2D eigenvalue weighted by molar-refractivity contribution is 0.238. The van der Waals surface area contributed by atoms with Gasteiger partial charge in [-0.2, -0.15) is 5.10 Å². The number of hydrogen-bond donors (Lipinski definition) is 0. The predicted molar refractivity (Wildman–Crippen MR) is 106 cm³/mol. The molecule has 0 bridgehead atoms. The van der Waals surface area contributed by atoms with Crippen LogP contribution in [0, 0.1) is 0 Å². The van der Waals surface area contributed by atoms with Gasteiger partial charge in [0.05, 0.1) is 6.20 Å². The first-order valence-electron chi connectivity index (χ1n) is 9.22. The Morgan fingerprint density at radius 3 is 2.96 bits per heavy atom. The smallest absolute Gasteiger partial charge is 0.124 e. The average molecular weight is 383 g/mol. The fraction of sp³-hybridized carbons (Fsp3) is 0.333. The molecule has 3 heterocycles. The number of aromatic nitrogens is 3. The van der Waals surface area contributed by atoms with Crippen LogP contribution in [-0.2, 0) is 20.2 Å². The summed E-state index contributed by atoms with van der Waals surface area (Å²) in [6.45, 7) is 2.37. The molecule has 27 heavy (non-hydrogen) atoms. The highest BCUT2D eigenvalue weighted by molar-refractivity contribution is 6.30. The third-order valence-corrected chi connectivity index (χ3v) is 5.22. The quantitative estimate of drug-likeness (QED) is 0.634. The van der Waals surface area contributed by atoms with E-state index in [9.17, 15) is 0 Å². The maximum Gasteiger partial charge on any atom is 0.124 e. The first-order valence-corrected chi connectivity index (χ1v) is 9.59. The molecule has 5 nitrogen and oxygen atoms in total. The minimum absolute atomic E-state index is 0.392. The maximum atomic E-state index is 6.28. The number of hydrogen-bond acceptors (Lipinski definition) is 4. The van der Waals surface area contributed by atoms with Crippen LogP contribution >= 0.6 is 11.6 Å². The summed E-state index contributed by atoms with van der Waals surface area (Å²) in [5.41, 5.74) is 3.44. The monoisotopic (exact) mass is 382 g/mol. The second-order valence-corrected chi connectivity index (χ2v) is 7.41. The Balaban J connectivity index is 1.51. The highest BCUT2D eigenvalue weighted by Gasteiger charge is 2.27. The SMILES string of the molecule is Cn1cc(C2CCCN2Cc2cc(Cl)ccc2OCc2cccnc2)cn1. The van der Waals surface area contributed by atoms with E-state index in [-0.39, 0.29) is 0 Å². The predicted octanol–water partition coefficient (Wildman–Crippen LogP) is 4.38. The van der Waals surface area contributed by atoms with Crippen LogP contribution in [0.2, 0.25) is 5.02 Å². The van der Waals surface area contributed by atoms with Gasteiger partial charge in [-0.1, -0.05) is 17.7 Å². The number of likely N-dealkylation sites (tertiary alicyclic amines) is 1. The molecule has 3 aromatic rings. The normalized spacial score (nSPS) is 17.3. The molecule has 0 N–H and O–H groups in total. The van der Waals surface area contributed by atoms with Crippen LogP contribution < -0.4 is 4.74 Å². The van der Waals surface area contributed by atoms with E-state index < -0.39 is 0 Å². The number of aryl methyl sites for hydroxylation is 1. The van der Waals surface area contributed by atoms with Crippen LogP contribution in [0.5, 0.6) is 5.75 Å². The van der Waals surface area contributed by atoms with Crippen LogP contribution in [0.4, 0.5) is 0 Å². The van der Waals surface area contributed by atoms with Gasteiger partial charge >= 0.3 is 0 Å². The largest absolute Gasteiger partial charge is 0.489 e. The standard InChI is InChI=1S/C21H23ClN4O/c1-25-13-18(12-24-25)20-5-3-9-26(20)14-17-10-19(22)6-7-21(17)27-15-16-4-2-8-23-11-16/h2,4,6-8,10-13,20H,3,5,9,14-15H2,1H3. The van der Waals surface area contributed by atoms with Crippen LogP contribution in [0.1, 0.15) is 35.6 Å². The average Bonchev–Trinajstić information content (AvgIpc) is 3.30. The molecule has 1 atom stereocenters. The molecule has 0 aliphatic carbocycles. The van der Waals surface area contributed by atoms with Crippen molar-refractivity contribution in [3.05, 3.63) is 76.8 Å². The first-order chi connectivity index (χ1) is 13.2. The zero-order valence-electron chi connectivity index (χ0n) is 15.4. The Morgan fingerprint density at radius 1 is 1.26 bits per heavy atom. The number of halogens is 1. The van der Waals surface area contributed by atoms with Crippen molar-refractivity contribution in [1.29, 1.82) is 0 Å². The van der Waals surface area contributed by atoms with Crippen LogP contribution in [0.25, 0.3) is 0 Å². The second-order valence-electron chi connectivity index (χ2n) is 6.98. The third kappa shape index (κ3) is 4.31. The third-order valence-electron chi connectivity index (χ3n) is 4.99. The van der Waals surface area contributed by atoms with Gasteiger partial charge in [-0.05, 0) is 43.7 Å². The molecular weight excluding hydrogens is 360 g/mol. The second kappa shape index (κ2) is 8.11. The molecule has 1 fully saturated rings. The van der Waals surface area contributed by atoms with E-state index in [2.05, 4.69) is 21.2 Å². The summed E-state index contributed by atoms with van der Waals surface area (Å²) in [6, 6.07) is 10.2. The van der Waals surface area contributed by atoms with E-state index in [0.717, 1.165) is 41.4 Å². The van der Waals surface area contributed by atoms with Gasteiger partial charge in [-0.25, -0.2) is 0 Å². The fourth-order valence-electron chi connectivity index (χ4n) is 3.68. The number of ether oxygens (including phenoxy) is 1. The Kier molecular flexibility index (Phi) is 5.41. The Labute approximate surface area is 164 Å². The van der Waals surface area contributed by atoms with Gasteiger partial charge in [0.15, 0.2) is 0 Å². The lowest BCUT2D eigenvalue weighted by atomic mass is 10.1. The van der Waals surface area contributed by atoms with E-state index in [1.54, 1.807) is 6.20 Å². The van der Waals surface area contributed by atoms with Gasteiger partial charge in [-0.15, -0.1) is 0 Å². The zero-order valence-corrected chi connectivity index (χ0v) is 16.1. The van der Waals surface area contributed by atoms with Crippen LogP contribution in [0.3, 0.4) is 0 Å². The number of pyridine rings is 1. The molecule has 0 saturated carbocycles. The lowest BCUT2D eigenvalue weighted by Crippen LogP contribution is -2.23. The van der Waals surface area contributed by atoms with Crippen LogP contribution in [-0.4, -0.2) is 26.2 Å². The summed E-state index contributed by atoms with van der Waals surface area (Å²) in [5.74, 6) is 0.875. The van der Waals surface area contributed by atoms with E-state index in [0.29, 0.717) is 12.6 Å². The van der Waals surface area contributed by atoms with Gasteiger partial charge in [-0.3, -0.25) is 14.6 Å². The van der Waals surface area contributed by atoms with Crippen molar-refractivity contribution < 1.29 is 4.74 Å². The molecule has 1 aliphatic heterocycles. The molecule has 4 rings (SSSR count). The number of rotatable bonds is 6. The van der Waals surface area contributed by atoms with Gasteiger partial charge in [0.1, 0.15) is 12.4 Å². The summed E-state index contributed by atoms with van der Waals surface area (Å²) < 4.78 is 7.96. The minimum Gasteiger partial charge on any atom is -0.489 e. The van der Waals surface area contributed by atoms with Crippen LogP contribution in [0.15, 0.2) is 55.1 Å². The van der Waals surface area contributed by atoms with E-state index in [1.165, 1.54) is 12.0 Å². The van der Waals surface area contributed by atoms with E-state index >= 15 is 0 Å². The van der Waals surface area contributed by atoms with Crippen molar-refractivity contribution in [1.82, 2.24) is 19.7 Å². The van der Waals surface area contributed by atoms with Gasteiger partial charge in [0.25, 0.3) is 0 Å².